The lowest BCUT2D eigenvalue weighted by Crippen LogP contribution is -2.25. The van der Waals surface area contributed by atoms with Crippen molar-refractivity contribution in [2.75, 3.05) is 6.54 Å². The Morgan fingerprint density at radius 1 is 1.19 bits per heavy atom. The third-order valence-corrected chi connectivity index (χ3v) is 3.91. The van der Waals surface area contributed by atoms with Gasteiger partial charge in [-0.2, -0.15) is 0 Å². The molecule has 0 saturated carbocycles. The van der Waals surface area contributed by atoms with E-state index in [-0.39, 0.29) is 11.9 Å². The van der Waals surface area contributed by atoms with E-state index in [2.05, 4.69) is 17.2 Å². The fourth-order valence-electron chi connectivity index (χ4n) is 2.10. The normalized spacial score (nSPS) is 12.4. The van der Waals surface area contributed by atoms with Gasteiger partial charge in [0.05, 0.1) is 28.0 Å². The van der Waals surface area contributed by atoms with Crippen molar-refractivity contribution < 1.29 is 4.39 Å². The van der Waals surface area contributed by atoms with Crippen molar-refractivity contribution in [1.82, 2.24) is 10.3 Å². The predicted octanol–water partition coefficient (Wildman–Crippen LogP) is 4.81. The van der Waals surface area contributed by atoms with E-state index in [1.165, 1.54) is 12.3 Å². The van der Waals surface area contributed by atoms with E-state index in [9.17, 15) is 4.39 Å². The largest absolute Gasteiger partial charge is 0.308 e. The smallest absolute Gasteiger partial charge is 0.141 e. The summed E-state index contributed by atoms with van der Waals surface area (Å²) in [5.41, 5.74) is 1.88. The van der Waals surface area contributed by atoms with E-state index in [0.717, 1.165) is 30.6 Å². The van der Waals surface area contributed by atoms with Crippen molar-refractivity contribution in [3.8, 4) is 0 Å². The van der Waals surface area contributed by atoms with E-state index in [1.54, 1.807) is 12.1 Å². The molecule has 0 aliphatic heterocycles. The predicted molar refractivity (Wildman–Crippen MR) is 85.4 cm³/mol. The Kier molecular flexibility index (Phi) is 5.97. The lowest BCUT2D eigenvalue weighted by Gasteiger charge is -2.18. The molecule has 112 valence electrons. The molecule has 5 heteroatoms. The number of halogens is 3. The summed E-state index contributed by atoms with van der Waals surface area (Å²) in [5, 5.41) is 4.50. The van der Waals surface area contributed by atoms with Crippen LogP contribution in [0.1, 0.15) is 30.6 Å². The van der Waals surface area contributed by atoms with Crippen molar-refractivity contribution in [2.24, 2.45) is 0 Å². The number of pyridine rings is 1. The fraction of sp³-hybridized carbons (Fsp3) is 0.312. The zero-order valence-corrected chi connectivity index (χ0v) is 13.3. The number of benzene rings is 1. The molecule has 1 heterocycles. The molecule has 0 bridgehead atoms. The Labute approximate surface area is 134 Å². The van der Waals surface area contributed by atoms with Crippen LogP contribution in [0.4, 0.5) is 4.39 Å². The van der Waals surface area contributed by atoms with Crippen LogP contribution >= 0.6 is 23.2 Å². The van der Waals surface area contributed by atoms with Crippen molar-refractivity contribution in [2.45, 2.75) is 25.8 Å². The Morgan fingerprint density at radius 3 is 2.62 bits per heavy atom. The molecule has 0 amide bonds. The van der Waals surface area contributed by atoms with Crippen LogP contribution in [0.2, 0.25) is 10.0 Å². The molecular formula is C16H17Cl2FN2. The standard InChI is InChI=1S/C16H17Cl2FN2/c1-2-7-20-16(15-6-4-12(19)10-21-15)9-11-3-5-13(17)14(18)8-11/h3-6,8,10,16,20H,2,7,9H2,1H3. The molecule has 1 atom stereocenters. The molecule has 1 N–H and O–H groups in total. The van der Waals surface area contributed by atoms with Gasteiger partial charge >= 0.3 is 0 Å². The molecule has 2 nitrogen and oxygen atoms in total. The molecule has 1 aromatic carbocycles. The van der Waals surface area contributed by atoms with Crippen LogP contribution in [-0.4, -0.2) is 11.5 Å². The maximum absolute atomic E-state index is 13.0. The third-order valence-electron chi connectivity index (χ3n) is 3.17. The highest BCUT2D eigenvalue weighted by molar-refractivity contribution is 6.42. The highest BCUT2D eigenvalue weighted by Gasteiger charge is 2.14. The lowest BCUT2D eigenvalue weighted by atomic mass is 10.0. The molecule has 2 aromatic rings. The van der Waals surface area contributed by atoms with Gasteiger partial charge in [-0.05, 0) is 49.2 Å². The van der Waals surface area contributed by atoms with Crippen LogP contribution in [0, 0.1) is 5.82 Å². The summed E-state index contributed by atoms with van der Waals surface area (Å²) in [4.78, 5) is 4.17. The van der Waals surface area contributed by atoms with Crippen molar-refractivity contribution in [1.29, 1.82) is 0 Å². The molecule has 21 heavy (non-hydrogen) atoms. The van der Waals surface area contributed by atoms with Gasteiger partial charge in [-0.15, -0.1) is 0 Å². The number of aromatic nitrogens is 1. The Hall–Kier alpha value is -1.16. The Balaban J connectivity index is 2.19. The summed E-state index contributed by atoms with van der Waals surface area (Å²) in [5.74, 6) is -0.331. The van der Waals surface area contributed by atoms with Gasteiger partial charge in [-0.1, -0.05) is 36.2 Å². The van der Waals surface area contributed by atoms with Crippen LogP contribution in [0.15, 0.2) is 36.5 Å². The summed E-state index contributed by atoms with van der Waals surface area (Å²) in [6.45, 7) is 2.96. The first kappa shape index (κ1) is 16.2. The van der Waals surface area contributed by atoms with Gasteiger partial charge in [0.2, 0.25) is 0 Å². The van der Waals surface area contributed by atoms with E-state index < -0.39 is 0 Å². The second-order valence-corrected chi connectivity index (χ2v) is 5.67. The lowest BCUT2D eigenvalue weighted by molar-refractivity contribution is 0.514. The Morgan fingerprint density at radius 2 is 2.00 bits per heavy atom. The average molecular weight is 327 g/mol. The number of hydrogen-bond donors (Lipinski definition) is 1. The van der Waals surface area contributed by atoms with Gasteiger partial charge in [-0.3, -0.25) is 4.98 Å². The molecule has 0 aliphatic rings. The van der Waals surface area contributed by atoms with E-state index >= 15 is 0 Å². The zero-order valence-electron chi connectivity index (χ0n) is 11.7. The SMILES string of the molecule is CCCNC(Cc1ccc(Cl)c(Cl)c1)c1ccc(F)cn1. The molecule has 2 rings (SSSR count). The second kappa shape index (κ2) is 7.74. The van der Waals surface area contributed by atoms with Crippen molar-refractivity contribution >= 4 is 23.2 Å². The van der Waals surface area contributed by atoms with Crippen molar-refractivity contribution in [3.63, 3.8) is 0 Å². The summed E-state index contributed by atoms with van der Waals surface area (Å²) in [6, 6.07) is 8.74. The average Bonchev–Trinajstić information content (AvgIpc) is 2.48. The Bertz CT molecular complexity index is 587. The van der Waals surface area contributed by atoms with E-state index in [4.69, 9.17) is 23.2 Å². The summed E-state index contributed by atoms with van der Waals surface area (Å²) in [7, 11) is 0. The summed E-state index contributed by atoms with van der Waals surface area (Å²) < 4.78 is 13.0. The minimum Gasteiger partial charge on any atom is -0.308 e. The molecule has 0 fully saturated rings. The highest BCUT2D eigenvalue weighted by Crippen LogP contribution is 2.25. The molecule has 0 spiro atoms. The monoisotopic (exact) mass is 326 g/mol. The quantitative estimate of drug-likeness (QED) is 0.823. The maximum Gasteiger partial charge on any atom is 0.141 e. The first-order valence-corrected chi connectivity index (χ1v) is 7.64. The summed E-state index contributed by atoms with van der Waals surface area (Å²) in [6.07, 6.45) is 2.97. The second-order valence-electron chi connectivity index (χ2n) is 4.86. The number of nitrogens with one attached hydrogen (secondary N) is 1. The minimum absolute atomic E-state index is 0.0165. The zero-order chi connectivity index (χ0) is 15.2. The summed E-state index contributed by atoms with van der Waals surface area (Å²) >= 11 is 12.0. The van der Waals surface area contributed by atoms with Gasteiger partial charge in [0.25, 0.3) is 0 Å². The molecule has 0 radical (unpaired) electrons. The highest BCUT2D eigenvalue weighted by atomic mass is 35.5. The van der Waals surface area contributed by atoms with Crippen LogP contribution in [-0.2, 0) is 6.42 Å². The van der Waals surface area contributed by atoms with Gasteiger partial charge in [0.15, 0.2) is 0 Å². The molecule has 0 saturated heterocycles. The third kappa shape index (κ3) is 4.67. The van der Waals surface area contributed by atoms with Gasteiger partial charge < -0.3 is 5.32 Å². The first-order chi connectivity index (χ1) is 10.1. The molecule has 0 aliphatic carbocycles. The van der Waals surface area contributed by atoms with Crippen LogP contribution in [0.5, 0.6) is 0 Å². The number of rotatable bonds is 6. The molecular weight excluding hydrogens is 310 g/mol. The molecule has 1 aromatic heterocycles. The van der Waals surface area contributed by atoms with Crippen LogP contribution in [0.25, 0.3) is 0 Å². The minimum atomic E-state index is -0.331. The van der Waals surface area contributed by atoms with E-state index in [0.29, 0.717) is 10.0 Å². The molecule has 1 unspecified atom stereocenters. The fourth-order valence-corrected chi connectivity index (χ4v) is 2.42. The van der Waals surface area contributed by atoms with Gasteiger partial charge in [0.1, 0.15) is 5.82 Å². The van der Waals surface area contributed by atoms with Crippen molar-refractivity contribution in [3.05, 3.63) is 63.6 Å². The van der Waals surface area contributed by atoms with Crippen LogP contribution in [0.3, 0.4) is 0 Å². The van der Waals surface area contributed by atoms with Gasteiger partial charge in [0, 0.05) is 0 Å². The maximum atomic E-state index is 13.0. The number of hydrogen-bond acceptors (Lipinski definition) is 2. The topological polar surface area (TPSA) is 24.9 Å². The van der Waals surface area contributed by atoms with E-state index in [1.807, 2.05) is 12.1 Å². The van der Waals surface area contributed by atoms with Gasteiger partial charge in [-0.25, -0.2) is 4.39 Å². The first-order valence-electron chi connectivity index (χ1n) is 6.89. The number of nitrogens with zero attached hydrogens (tertiary/aromatic N) is 1. The van der Waals surface area contributed by atoms with Crippen LogP contribution < -0.4 is 5.32 Å².